The number of hydrogen-bond donors (Lipinski definition) is 1. The molecule has 2 aliphatic heterocycles. The SMILES string of the molecule is CN1CCC2(C1)NCCCC2=O.Cl. The van der Waals surface area contributed by atoms with Gasteiger partial charge in [0.15, 0.2) is 5.78 Å². The van der Waals surface area contributed by atoms with Gasteiger partial charge in [-0.2, -0.15) is 0 Å². The maximum absolute atomic E-state index is 11.7. The maximum Gasteiger partial charge on any atom is 0.154 e. The lowest BCUT2D eigenvalue weighted by Crippen LogP contribution is -2.56. The molecule has 3 nitrogen and oxygen atoms in total. The van der Waals surface area contributed by atoms with Gasteiger partial charge in [0.05, 0.1) is 5.54 Å². The lowest BCUT2D eigenvalue weighted by atomic mass is 9.87. The maximum atomic E-state index is 11.7. The normalized spacial score (nSPS) is 35.0. The third-order valence-electron chi connectivity index (χ3n) is 3.04. The van der Waals surface area contributed by atoms with Gasteiger partial charge in [-0.3, -0.25) is 4.79 Å². The Morgan fingerprint density at radius 2 is 2.31 bits per heavy atom. The van der Waals surface area contributed by atoms with Crippen molar-refractivity contribution in [2.45, 2.75) is 24.8 Å². The van der Waals surface area contributed by atoms with E-state index in [2.05, 4.69) is 17.3 Å². The van der Waals surface area contributed by atoms with E-state index in [1.54, 1.807) is 0 Å². The van der Waals surface area contributed by atoms with Crippen molar-refractivity contribution < 1.29 is 4.79 Å². The lowest BCUT2D eigenvalue weighted by molar-refractivity contribution is -0.126. The molecule has 2 heterocycles. The van der Waals surface area contributed by atoms with Gasteiger partial charge in [-0.25, -0.2) is 0 Å². The molecule has 0 aromatic heterocycles. The summed E-state index contributed by atoms with van der Waals surface area (Å²) in [5, 5.41) is 3.38. The van der Waals surface area contributed by atoms with E-state index >= 15 is 0 Å². The van der Waals surface area contributed by atoms with Gasteiger partial charge in [-0.05, 0) is 26.4 Å². The molecule has 0 radical (unpaired) electrons. The molecule has 76 valence electrons. The van der Waals surface area contributed by atoms with E-state index in [0.29, 0.717) is 5.78 Å². The largest absolute Gasteiger partial charge is 0.304 e. The topological polar surface area (TPSA) is 32.3 Å². The Kier molecular flexibility index (Phi) is 3.33. The molecule has 13 heavy (non-hydrogen) atoms. The summed E-state index contributed by atoms with van der Waals surface area (Å²) in [7, 11) is 2.08. The first-order valence-electron chi connectivity index (χ1n) is 4.70. The first-order valence-corrected chi connectivity index (χ1v) is 4.70. The van der Waals surface area contributed by atoms with Crippen molar-refractivity contribution in [3.05, 3.63) is 0 Å². The Bertz CT molecular complexity index is 206. The second-order valence-corrected chi connectivity index (χ2v) is 4.02. The van der Waals surface area contributed by atoms with E-state index < -0.39 is 0 Å². The second kappa shape index (κ2) is 3.95. The second-order valence-electron chi connectivity index (χ2n) is 4.02. The Balaban J connectivity index is 0.000000845. The van der Waals surface area contributed by atoms with Crippen LogP contribution in [0.3, 0.4) is 0 Å². The molecule has 1 atom stereocenters. The van der Waals surface area contributed by atoms with E-state index in [4.69, 9.17) is 0 Å². The summed E-state index contributed by atoms with van der Waals surface area (Å²) in [6.07, 6.45) is 2.80. The molecule has 0 bridgehead atoms. The number of nitrogens with zero attached hydrogens (tertiary/aromatic N) is 1. The summed E-state index contributed by atoms with van der Waals surface area (Å²) in [5.41, 5.74) is -0.160. The van der Waals surface area contributed by atoms with E-state index in [-0.39, 0.29) is 17.9 Å². The molecule has 2 aliphatic rings. The third-order valence-corrected chi connectivity index (χ3v) is 3.04. The Morgan fingerprint density at radius 3 is 2.85 bits per heavy atom. The molecule has 2 fully saturated rings. The van der Waals surface area contributed by atoms with Gasteiger partial charge < -0.3 is 10.2 Å². The minimum absolute atomic E-state index is 0. The van der Waals surface area contributed by atoms with Crippen molar-refractivity contribution in [2.75, 3.05) is 26.7 Å². The number of halogens is 1. The van der Waals surface area contributed by atoms with Crippen LogP contribution in [0.1, 0.15) is 19.3 Å². The summed E-state index contributed by atoms with van der Waals surface area (Å²) < 4.78 is 0. The summed E-state index contributed by atoms with van der Waals surface area (Å²) in [5.74, 6) is 0.429. The van der Waals surface area contributed by atoms with E-state index in [1.807, 2.05) is 0 Å². The zero-order chi connectivity index (χ0) is 8.60. The summed E-state index contributed by atoms with van der Waals surface area (Å²) in [4.78, 5) is 13.9. The van der Waals surface area contributed by atoms with Crippen molar-refractivity contribution in [3.63, 3.8) is 0 Å². The Hall–Kier alpha value is -0.120. The number of hydrogen-bond acceptors (Lipinski definition) is 3. The van der Waals surface area contributed by atoms with Gasteiger partial charge in [0.25, 0.3) is 0 Å². The third kappa shape index (κ3) is 1.87. The highest BCUT2D eigenvalue weighted by molar-refractivity contribution is 5.89. The fourth-order valence-corrected chi connectivity index (χ4v) is 2.29. The zero-order valence-electron chi connectivity index (χ0n) is 8.01. The molecule has 0 aromatic rings. The van der Waals surface area contributed by atoms with E-state index in [0.717, 1.165) is 38.9 Å². The predicted molar refractivity (Wildman–Crippen MR) is 54.3 cm³/mol. The van der Waals surface area contributed by atoms with Crippen molar-refractivity contribution in [1.29, 1.82) is 0 Å². The van der Waals surface area contributed by atoms with E-state index in [1.165, 1.54) is 0 Å². The van der Waals surface area contributed by atoms with Crippen LogP contribution in [0.2, 0.25) is 0 Å². The lowest BCUT2D eigenvalue weighted by Gasteiger charge is -2.32. The highest BCUT2D eigenvalue weighted by Crippen LogP contribution is 2.25. The minimum Gasteiger partial charge on any atom is -0.304 e. The molecule has 0 amide bonds. The number of Topliss-reactive ketones (excluding diaryl/α,β-unsaturated/α-hetero) is 1. The van der Waals surface area contributed by atoms with Gasteiger partial charge >= 0.3 is 0 Å². The molecule has 0 aromatic carbocycles. The summed E-state index contributed by atoms with van der Waals surface area (Å²) in [6, 6.07) is 0. The number of piperidine rings is 1. The van der Waals surface area contributed by atoms with Gasteiger partial charge in [0.2, 0.25) is 0 Å². The van der Waals surface area contributed by atoms with Crippen LogP contribution in [0.4, 0.5) is 0 Å². The molecule has 2 saturated heterocycles. The molecular formula is C9H17ClN2O. The van der Waals surface area contributed by atoms with Crippen molar-refractivity contribution in [1.82, 2.24) is 10.2 Å². The minimum atomic E-state index is -0.160. The highest BCUT2D eigenvalue weighted by Gasteiger charge is 2.43. The van der Waals surface area contributed by atoms with Crippen LogP contribution in [0.5, 0.6) is 0 Å². The standard InChI is InChI=1S/C9H16N2O.ClH/c1-11-6-4-9(7-11)8(12)3-2-5-10-9;/h10H,2-7H2,1H3;1H. The quantitative estimate of drug-likeness (QED) is 0.622. The number of ketones is 1. The van der Waals surface area contributed by atoms with Crippen LogP contribution in [0, 0.1) is 0 Å². The average molecular weight is 205 g/mol. The number of likely N-dealkylation sites (N-methyl/N-ethyl adjacent to an activating group) is 1. The zero-order valence-corrected chi connectivity index (χ0v) is 8.82. The fraction of sp³-hybridized carbons (Fsp3) is 0.889. The molecular weight excluding hydrogens is 188 g/mol. The predicted octanol–water partition coefficient (Wildman–Crippen LogP) is 0.435. The van der Waals surface area contributed by atoms with Gasteiger partial charge in [0, 0.05) is 19.5 Å². The molecule has 1 N–H and O–H groups in total. The summed E-state index contributed by atoms with van der Waals surface area (Å²) in [6.45, 7) is 2.98. The van der Waals surface area contributed by atoms with Crippen LogP contribution in [-0.2, 0) is 4.79 Å². The van der Waals surface area contributed by atoms with Gasteiger partial charge in [0.1, 0.15) is 0 Å². The van der Waals surface area contributed by atoms with Crippen LogP contribution in [0.15, 0.2) is 0 Å². The molecule has 0 aliphatic carbocycles. The number of likely N-dealkylation sites (tertiary alicyclic amines) is 1. The van der Waals surface area contributed by atoms with Gasteiger partial charge in [-0.1, -0.05) is 0 Å². The smallest absolute Gasteiger partial charge is 0.154 e. The van der Waals surface area contributed by atoms with Crippen molar-refractivity contribution in [3.8, 4) is 0 Å². The first-order chi connectivity index (χ1) is 5.73. The molecule has 1 unspecified atom stereocenters. The van der Waals surface area contributed by atoms with Crippen LogP contribution >= 0.6 is 12.4 Å². The highest BCUT2D eigenvalue weighted by atomic mass is 35.5. The molecule has 2 rings (SSSR count). The molecule has 4 heteroatoms. The first kappa shape index (κ1) is 11.0. The number of carbonyl (C=O) groups is 1. The summed E-state index contributed by atoms with van der Waals surface area (Å²) >= 11 is 0. The number of rotatable bonds is 0. The molecule has 0 saturated carbocycles. The number of nitrogens with one attached hydrogen (secondary N) is 1. The van der Waals surface area contributed by atoms with Crippen LogP contribution in [-0.4, -0.2) is 42.9 Å². The monoisotopic (exact) mass is 204 g/mol. The Morgan fingerprint density at radius 1 is 1.54 bits per heavy atom. The van der Waals surface area contributed by atoms with Crippen molar-refractivity contribution in [2.24, 2.45) is 0 Å². The van der Waals surface area contributed by atoms with Crippen molar-refractivity contribution >= 4 is 18.2 Å². The van der Waals surface area contributed by atoms with E-state index in [9.17, 15) is 4.79 Å². The van der Waals surface area contributed by atoms with Gasteiger partial charge in [-0.15, -0.1) is 12.4 Å². The fourth-order valence-electron chi connectivity index (χ4n) is 2.29. The van der Waals surface area contributed by atoms with Crippen LogP contribution < -0.4 is 5.32 Å². The Labute approximate surface area is 85.3 Å². The van der Waals surface area contributed by atoms with Crippen LogP contribution in [0.25, 0.3) is 0 Å². The molecule has 1 spiro atoms. The number of carbonyl (C=O) groups excluding carboxylic acids is 1. The average Bonchev–Trinajstić information content (AvgIpc) is 2.41.